The molecule has 2 aromatic heterocycles. The highest BCUT2D eigenvalue weighted by molar-refractivity contribution is 5.96. The van der Waals surface area contributed by atoms with Crippen LogP contribution in [0.25, 0.3) is 24.3 Å². The van der Waals surface area contributed by atoms with Crippen LogP contribution in [0.1, 0.15) is 118 Å². The molecule has 5 N–H and O–H groups in total. The van der Waals surface area contributed by atoms with E-state index in [1.165, 1.54) is 12.1 Å². The highest BCUT2D eigenvalue weighted by Gasteiger charge is 2.39. The minimum absolute atomic E-state index is 0. The maximum absolute atomic E-state index is 12.9. The number of hydrogen-bond acceptors (Lipinski definition) is 21. The Kier molecular flexibility index (Phi) is 26.3. The molecule has 0 saturated carbocycles. The van der Waals surface area contributed by atoms with E-state index >= 15 is 0 Å². The van der Waals surface area contributed by atoms with E-state index in [9.17, 15) is 19.2 Å². The first-order valence-electron chi connectivity index (χ1n) is 32.6. The minimum atomic E-state index is -0.985. The first-order valence-corrected chi connectivity index (χ1v) is 32.6. The quantitative estimate of drug-likeness (QED) is 0.0250. The summed E-state index contributed by atoms with van der Waals surface area (Å²) < 4.78 is 11.0. The average molecular weight is 1330 g/mol. The molecule has 22 nitrogen and oxygen atoms in total. The first kappa shape index (κ1) is 72.0. The van der Waals surface area contributed by atoms with Crippen molar-refractivity contribution in [3.63, 3.8) is 0 Å². The van der Waals surface area contributed by atoms with E-state index in [1.54, 1.807) is 24.3 Å². The molecule has 0 amide bonds. The molecule has 0 radical (unpaired) electrons. The molecule has 6 aromatic carbocycles. The monoisotopic (exact) mass is 1330 g/mol. The molecule has 99 heavy (non-hydrogen) atoms. The number of nitrogens with one attached hydrogen (secondary N) is 2. The van der Waals surface area contributed by atoms with Gasteiger partial charge in [-0.1, -0.05) is 141 Å². The summed E-state index contributed by atoms with van der Waals surface area (Å²) in [6, 6.07) is 48.9. The molecule has 12 rings (SSSR count). The predicted molar refractivity (Wildman–Crippen MR) is 386 cm³/mol. The van der Waals surface area contributed by atoms with Gasteiger partial charge in [-0.3, -0.25) is 14.4 Å². The Morgan fingerprint density at radius 2 is 0.919 bits per heavy atom. The van der Waals surface area contributed by atoms with Crippen molar-refractivity contribution in [2.24, 2.45) is 26.2 Å². The fraction of sp³-hybridized carbons (Fsp3) is 0.299. The number of anilines is 6. The van der Waals surface area contributed by atoms with Gasteiger partial charge in [-0.15, -0.1) is 24.7 Å². The molecule has 22 heteroatoms. The van der Waals surface area contributed by atoms with Crippen molar-refractivity contribution in [1.82, 2.24) is 29.9 Å². The molecule has 2 fully saturated rings. The van der Waals surface area contributed by atoms with Crippen molar-refractivity contribution in [3.8, 4) is 24.7 Å². The Bertz CT molecular complexity index is 4190. The van der Waals surface area contributed by atoms with Crippen molar-refractivity contribution in [1.29, 1.82) is 0 Å². The number of carboxylic acids is 1. The predicted octanol–water partition coefficient (Wildman–Crippen LogP) is 12.7. The number of Topliss-reactive ketones (excluding diaryl/α,β-unsaturated/α-hetero) is 3. The molecule has 0 spiro atoms. The average Bonchev–Trinajstić information content (AvgIpc) is 1.71. The van der Waals surface area contributed by atoms with Crippen LogP contribution < -0.4 is 26.2 Å². The Morgan fingerprint density at radius 1 is 0.505 bits per heavy atom. The fourth-order valence-corrected chi connectivity index (χ4v) is 10.6. The number of ketones is 3. The Balaban J connectivity index is 0.000000203. The number of carbonyl (C=O) groups is 4. The van der Waals surface area contributed by atoms with E-state index in [1.807, 2.05) is 146 Å². The molecule has 8 aromatic rings. The molecule has 4 aliphatic rings. The number of morpholine rings is 2. The van der Waals surface area contributed by atoms with Gasteiger partial charge >= 0.3 is 5.97 Å². The van der Waals surface area contributed by atoms with Crippen molar-refractivity contribution in [3.05, 3.63) is 214 Å². The summed E-state index contributed by atoms with van der Waals surface area (Å²) in [6.45, 7) is 5.96. The van der Waals surface area contributed by atoms with Crippen LogP contribution in [-0.4, -0.2) is 129 Å². The van der Waals surface area contributed by atoms with Crippen LogP contribution in [0.4, 0.5) is 35.2 Å². The van der Waals surface area contributed by atoms with Crippen molar-refractivity contribution < 1.29 is 33.8 Å². The van der Waals surface area contributed by atoms with Gasteiger partial charge in [0.1, 0.15) is 11.6 Å². The van der Waals surface area contributed by atoms with E-state index in [2.05, 4.69) is 77.7 Å². The molecule has 0 bridgehead atoms. The number of nitrogens with zero attached hydrogens (tertiary/aromatic N) is 12. The number of aromatic carboxylic acids is 1. The fourth-order valence-electron chi connectivity index (χ4n) is 10.6. The zero-order chi connectivity index (χ0) is 68.4. The summed E-state index contributed by atoms with van der Waals surface area (Å²) >= 11 is 0. The zero-order valence-corrected chi connectivity index (χ0v) is 54.5. The second kappa shape index (κ2) is 36.2. The van der Waals surface area contributed by atoms with Crippen LogP contribution in [0.3, 0.4) is 0 Å². The largest absolute Gasteiger partial charge is 0.478 e. The van der Waals surface area contributed by atoms with Crippen LogP contribution in [0.2, 0.25) is 0 Å². The van der Waals surface area contributed by atoms with Gasteiger partial charge in [0, 0.05) is 94.5 Å². The van der Waals surface area contributed by atoms with E-state index in [0.717, 1.165) is 64.0 Å². The third-order valence-corrected chi connectivity index (χ3v) is 16.2. The van der Waals surface area contributed by atoms with E-state index < -0.39 is 11.6 Å². The van der Waals surface area contributed by atoms with Crippen LogP contribution in [0.15, 0.2) is 178 Å². The minimum Gasteiger partial charge on any atom is -0.478 e. The molecule has 4 aliphatic heterocycles. The van der Waals surface area contributed by atoms with Gasteiger partial charge in [-0.25, -0.2) is 4.79 Å². The second-order valence-corrected chi connectivity index (χ2v) is 23.7. The van der Waals surface area contributed by atoms with Crippen LogP contribution in [0.5, 0.6) is 0 Å². The number of aromatic nitrogens is 6. The summed E-state index contributed by atoms with van der Waals surface area (Å²) in [5, 5.41) is 31.5. The molecule has 0 aliphatic carbocycles. The van der Waals surface area contributed by atoms with Gasteiger partial charge in [0.05, 0.1) is 38.4 Å². The normalized spacial score (nSPS) is 14.5. The number of carboxylic acid groups (broad SMARTS) is 1. The summed E-state index contributed by atoms with van der Waals surface area (Å²) in [6.07, 6.45) is 24.0. The van der Waals surface area contributed by atoms with Crippen molar-refractivity contribution in [2.45, 2.75) is 89.4 Å². The van der Waals surface area contributed by atoms with Gasteiger partial charge in [0.15, 0.2) is 23.1 Å². The first-order chi connectivity index (χ1) is 47.8. The highest BCUT2D eigenvalue weighted by Crippen LogP contribution is 2.37. The standard InChI is InChI=1S/C38H37N7O3.C31H29N5O4.C7H11N3.CH4/c1-2-20-38(43-44-38)21-6-9-34(47)31-15-10-29(11-16-31)26-33(46)27-30-12-17-32(18-13-30)39-36-40-35(19-14-28-7-4-3-5-8-28)41-37(42-36)45-22-24-48-25-23-45;37-27(20-23-6-11-25(12-7-23)29(38)39)21-24-8-13-26(14-9-24)32-30-33-28(15-10-22-4-2-1-3-5-22)34-31(35-30)36-16-18-40-19-17-36;1-2-3-4-7(5-6-8)9-10-7;/h1,3-5,7-8,10-19H,6,9,20-27H2,(H,39,40,41,42);1-15H,16-21H2,(H,38,39)(H,32,33,34,35);1H,3-6,8H2;1H4/b19-14+;15-10+;;. The topological polar surface area (TPSA) is 290 Å². The summed E-state index contributed by atoms with van der Waals surface area (Å²) in [5.74, 6) is 7.51. The maximum Gasteiger partial charge on any atom is 0.335 e. The molecule has 6 heterocycles. The maximum atomic E-state index is 12.9. The van der Waals surface area contributed by atoms with Crippen molar-refractivity contribution in [2.75, 3.05) is 79.6 Å². The van der Waals surface area contributed by atoms with Crippen LogP contribution in [0, 0.1) is 24.7 Å². The Hall–Kier alpha value is -11.3. The van der Waals surface area contributed by atoms with Gasteiger partial charge in [-0.2, -0.15) is 50.4 Å². The summed E-state index contributed by atoms with van der Waals surface area (Å²) in [7, 11) is 0. The lowest BCUT2D eigenvalue weighted by atomic mass is 9.98. The number of hydrogen-bond donors (Lipinski definition) is 4. The van der Waals surface area contributed by atoms with E-state index in [4.69, 9.17) is 38.1 Å². The number of nitrogens with two attached hydrogens (primary N) is 1. The Morgan fingerprint density at radius 3 is 1.30 bits per heavy atom. The SMILES string of the molecule is C.C#CCC1(CCCC(=O)c2ccc(CC(=O)Cc3ccc(Nc4nc(/C=C/c5ccccc5)nc(N5CCOCC5)n4)cc3)cc2)N=N1.C#CCCC1(CCN)N=N1.O=C(Cc1ccc(Nc2nc(/C=C/c3ccccc3)nc(N3CCOCC3)n2)cc1)Cc1ccc(C(=O)O)cc1. The van der Waals surface area contributed by atoms with Gasteiger partial charge in [0.25, 0.3) is 0 Å². The Labute approximate surface area is 577 Å². The smallest absolute Gasteiger partial charge is 0.335 e. The van der Waals surface area contributed by atoms with E-state index in [-0.39, 0.29) is 48.8 Å². The van der Waals surface area contributed by atoms with Gasteiger partial charge < -0.3 is 40.7 Å². The van der Waals surface area contributed by atoms with Crippen molar-refractivity contribution >= 4 is 82.8 Å². The lowest BCUT2D eigenvalue weighted by Gasteiger charge is -2.27. The third-order valence-electron chi connectivity index (χ3n) is 16.2. The molecular formula is C77H81N15O7. The second-order valence-electron chi connectivity index (χ2n) is 23.7. The molecule has 0 atom stereocenters. The van der Waals surface area contributed by atoms with Crippen LogP contribution in [-0.2, 0) is 44.7 Å². The molecule has 506 valence electrons. The lowest BCUT2D eigenvalue weighted by molar-refractivity contribution is -0.118. The number of rotatable bonds is 29. The summed E-state index contributed by atoms with van der Waals surface area (Å²) in [4.78, 5) is 81.2. The van der Waals surface area contributed by atoms with E-state index in [0.29, 0.717) is 139 Å². The third kappa shape index (κ3) is 22.9. The van der Waals surface area contributed by atoms with Gasteiger partial charge in [-0.05, 0) is 101 Å². The molecule has 2 saturated heterocycles. The molecule has 0 unspecified atom stereocenters. The summed E-state index contributed by atoms with van der Waals surface area (Å²) in [5.41, 5.74) is 12.7. The zero-order valence-electron chi connectivity index (χ0n) is 54.5. The lowest BCUT2D eigenvalue weighted by Crippen LogP contribution is -2.37. The highest BCUT2D eigenvalue weighted by atomic mass is 16.5. The number of terminal acetylenes is 2. The molecular weight excluding hydrogens is 1250 g/mol. The number of carbonyl (C=O) groups excluding carboxylic acids is 3. The number of ether oxygens (including phenoxy) is 2. The van der Waals surface area contributed by atoms with Gasteiger partial charge in [0.2, 0.25) is 29.5 Å². The number of benzene rings is 6. The van der Waals surface area contributed by atoms with Crippen LogP contribution >= 0.6 is 0 Å².